The first-order valence-electron chi connectivity index (χ1n) is 18.7. The van der Waals surface area contributed by atoms with E-state index < -0.39 is 0 Å². The van der Waals surface area contributed by atoms with Crippen molar-refractivity contribution in [3.63, 3.8) is 0 Å². The average molecular weight is 603 g/mol. The molecule has 0 heterocycles. The van der Waals surface area contributed by atoms with Crippen LogP contribution in [0.25, 0.3) is 0 Å². The van der Waals surface area contributed by atoms with Crippen LogP contribution in [0, 0.1) is 46.3 Å². The second-order valence-electron chi connectivity index (χ2n) is 15.9. The lowest BCUT2D eigenvalue weighted by atomic mass is 9.47. The van der Waals surface area contributed by atoms with Gasteiger partial charge in [0.2, 0.25) is 0 Å². The number of allylic oxidation sites excluding steroid dienone is 1. The molecule has 0 aromatic carbocycles. The highest BCUT2D eigenvalue weighted by atomic mass is 17.3. The summed E-state index contributed by atoms with van der Waals surface area (Å²) in [6.07, 6.45) is 22.1. The lowest BCUT2D eigenvalue weighted by molar-refractivity contribution is -0.365. The van der Waals surface area contributed by atoms with Gasteiger partial charge in [0.05, 0.1) is 6.10 Å². The normalized spacial score (nSPS) is 34.5. The van der Waals surface area contributed by atoms with Crippen molar-refractivity contribution in [3.05, 3.63) is 11.6 Å². The molecule has 4 aliphatic carbocycles. The third kappa shape index (κ3) is 9.29. The molecule has 8 unspecified atom stereocenters. The van der Waals surface area contributed by atoms with Crippen molar-refractivity contribution in [2.24, 2.45) is 52.1 Å². The second-order valence-corrected chi connectivity index (χ2v) is 15.9. The predicted octanol–water partition coefficient (Wildman–Crippen LogP) is 7.55. The van der Waals surface area contributed by atoms with Crippen LogP contribution in [0.3, 0.4) is 0 Å². The van der Waals surface area contributed by atoms with Gasteiger partial charge < -0.3 is 16.4 Å². The van der Waals surface area contributed by atoms with Gasteiger partial charge in [0.25, 0.3) is 0 Å². The number of hydrogen-bond donors (Lipinski definition) is 4. The minimum Gasteiger partial charge on any atom is -0.330 e. The molecule has 0 spiro atoms. The standard InChI is InChI=1S/C37H70N4O2/c1-28(2)11-8-12-29(3)33-15-16-34-32-14-13-30-27-31(17-19-36(30,4)35(32)18-20-37(33,34)5)42-43-41-26-10-25-40-23-7-6-22-39-24-9-21-38/h13,28-29,31-35,39-41H,6-12,14-27,38H2,1-5H3. The molecule has 6 nitrogen and oxygen atoms in total. The Bertz CT molecular complexity index is 835. The fourth-order valence-corrected chi connectivity index (χ4v) is 10.1. The maximum absolute atomic E-state index is 5.90. The molecule has 0 radical (unpaired) electrons. The summed E-state index contributed by atoms with van der Waals surface area (Å²) < 4.78 is 0. The Morgan fingerprint density at radius 2 is 1.58 bits per heavy atom. The van der Waals surface area contributed by atoms with Crippen molar-refractivity contribution in [1.82, 2.24) is 16.1 Å². The van der Waals surface area contributed by atoms with E-state index >= 15 is 0 Å². The van der Waals surface area contributed by atoms with E-state index in [0.717, 1.165) is 100 Å². The molecule has 4 aliphatic rings. The lowest BCUT2D eigenvalue weighted by Gasteiger charge is -2.58. The van der Waals surface area contributed by atoms with Crippen LogP contribution in [0.15, 0.2) is 11.6 Å². The molecule has 0 bridgehead atoms. The van der Waals surface area contributed by atoms with Gasteiger partial charge in [-0.15, -0.1) is 4.99 Å². The van der Waals surface area contributed by atoms with Gasteiger partial charge in [0.1, 0.15) is 0 Å². The van der Waals surface area contributed by atoms with Gasteiger partial charge in [0, 0.05) is 6.54 Å². The SMILES string of the molecule is CC(C)CCCC(C)C1CCC2C3CC=C4CC(OONCCCNCCCCNCCCN)CCC4(C)C3CCC12C. The van der Waals surface area contributed by atoms with Crippen LogP contribution in [-0.2, 0) is 9.88 Å². The highest BCUT2D eigenvalue weighted by molar-refractivity contribution is 5.25. The Kier molecular flexibility index (Phi) is 14.3. The van der Waals surface area contributed by atoms with Gasteiger partial charge >= 0.3 is 0 Å². The molecule has 250 valence electrons. The van der Waals surface area contributed by atoms with E-state index in [2.05, 4.69) is 56.8 Å². The van der Waals surface area contributed by atoms with Crippen LogP contribution in [0.2, 0.25) is 0 Å². The van der Waals surface area contributed by atoms with Crippen LogP contribution in [0.4, 0.5) is 0 Å². The molecular weight excluding hydrogens is 532 g/mol. The molecule has 0 saturated heterocycles. The van der Waals surface area contributed by atoms with Crippen LogP contribution in [-0.4, -0.2) is 45.4 Å². The number of hydrogen-bond acceptors (Lipinski definition) is 6. The second kappa shape index (κ2) is 17.4. The number of hydroxylamine groups is 1. The molecule has 8 atom stereocenters. The smallest absolute Gasteiger partial charge is 0.0987 e. The van der Waals surface area contributed by atoms with Crippen molar-refractivity contribution >= 4 is 0 Å². The van der Waals surface area contributed by atoms with Gasteiger partial charge in [-0.25, -0.2) is 4.89 Å². The molecule has 0 amide bonds. The average Bonchev–Trinajstić information content (AvgIpc) is 3.34. The number of fused-ring (bicyclic) bond motifs is 5. The highest BCUT2D eigenvalue weighted by Crippen LogP contribution is 2.67. The minimum absolute atomic E-state index is 0.177. The minimum atomic E-state index is 0.177. The summed E-state index contributed by atoms with van der Waals surface area (Å²) in [6.45, 7) is 18.5. The van der Waals surface area contributed by atoms with E-state index in [4.69, 9.17) is 15.6 Å². The summed E-state index contributed by atoms with van der Waals surface area (Å²) in [5.41, 5.74) is 11.2. The molecule has 3 fully saturated rings. The fourth-order valence-electron chi connectivity index (χ4n) is 10.1. The van der Waals surface area contributed by atoms with Gasteiger partial charge in [-0.1, -0.05) is 65.5 Å². The van der Waals surface area contributed by atoms with Gasteiger partial charge in [0.15, 0.2) is 0 Å². The van der Waals surface area contributed by atoms with Crippen LogP contribution >= 0.6 is 0 Å². The van der Waals surface area contributed by atoms with Crippen LogP contribution in [0.1, 0.15) is 131 Å². The maximum Gasteiger partial charge on any atom is 0.0987 e. The number of nitrogens with one attached hydrogen (secondary N) is 3. The van der Waals surface area contributed by atoms with Crippen LogP contribution < -0.4 is 21.8 Å². The monoisotopic (exact) mass is 603 g/mol. The summed E-state index contributed by atoms with van der Waals surface area (Å²) in [7, 11) is 0. The molecule has 0 aromatic heterocycles. The largest absolute Gasteiger partial charge is 0.330 e. The van der Waals surface area contributed by atoms with Crippen molar-refractivity contribution in [2.45, 2.75) is 137 Å². The van der Waals surface area contributed by atoms with E-state index in [9.17, 15) is 0 Å². The molecule has 4 rings (SSSR count). The molecule has 5 N–H and O–H groups in total. The zero-order valence-electron chi connectivity index (χ0n) is 28.9. The Morgan fingerprint density at radius 3 is 2.33 bits per heavy atom. The van der Waals surface area contributed by atoms with E-state index in [-0.39, 0.29) is 6.10 Å². The molecule has 43 heavy (non-hydrogen) atoms. The molecule has 0 aromatic rings. The van der Waals surface area contributed by atoms with Crippen LogP contribution in [0.5, 0.6) is 0 Å². The molecular formula is C37H70N4O2. The van der Waals surface area contributed by atoms with Crippen molar-refractivity contribution in [3.8, 4) is 0 Å². The first kappa shape index (κ1) is 35.4. The molecule has 3 saturated carbocycles. The quantitative estimate of drug-likeness (QED) is 0.0499. The van der Waals surface area contributed by atoms with Gasteiger partial charge in [-0.3, -0.25) is 0 Å². The molecule has 0 aliphatic heterocycles. The maximum atomic E-state index is 5.90. The zero-order valence-corrected chi connectivity index (χ0v) is 28.9. The van der Waals surface area contributed by atoms with Crippen molar-refractivity contribution < 1.29 is 9.88 Å². The summed E-state index contributed by atoms with van der Waals surface area (Å²) in [5, 5.41) is 6.97. The summed E-state index contributed by atoms with van der Waals surface area (Å²) in [5.74, 6) is 5.35. The number of nitrogens with two attached hydrogens (primary N) is 1. The highest BCUT2D eigenvalue weighted by Gasteiger charge is 2.59. The first-order chi connectivity index (χ1) is 20.8. The van der Waals surface area contributed by atoms with Gasteiger partial charge in [-0.05, 0) is 156 Å². The Morgan fingerprint density at radius 1 is 0.837 bits per heavy atom. The van der Waals surface area contributed by atoms with Crippen molar-refractivity contribution in [1.29, 1.82) is 0 Å². The number of unbranched alkanes of at least 4 members (excludes halogenated alkanes) is 1. The first-order valence-corrected chi connectivity index (χ1v) is 18.7. The zero-order chi connectivity index (χ0) is 30.7. The fraction of sp³-hybridized carbons (Fsp3) is 0.946. The van der Waals surface area contributed by atoms with E-state index in [1.165, 1.54) is 70.6 Å². The summed E-state index contributed by atoms with van der Waals surface area (Å²) in [6, 6.07) is 0. The third-order valence-electron chi connectivity index (χ3n) is 12.7. The topological polar surface area (TPSA) is 80.6 Å². The van der Waals surface area contributed by atoms with E-state index in [1.54, 1.807) is 5.57 Å². The Balaban J connectivity index is 1.13. The predicted molar refractivity (Wildman–Crippen MR) is 180 cm³/mol. The van der Waals surface area contributed by atoms with E-state index in [1.807, 2.05) is 0 Å². The Hall–Kier alpha value is -0.500. The third-order valence-corrected chi connectivity index (χ3v) is 12.7. The van der Waals surface area contributed by atoms with Crippen molar-refractivity contribution in [2.75, 3.05) is 39.3 Å². The summed E-state index contributed by atoms with van der Waals surface area (Å²) >= 11 is 0. The molecule has 6 heteroatoms. The summed E-state index contributed by atoms with van der Waals surface area (Å²) in [4.78, 5) is 11.4. The number of rotatable bonds is 20. The Labute approximate surface area is 265 Å². The lowest BCUT2D eigenvalue weighted by Crippen LogP contribution is -2.51. The van der Waals surface area contributed by atoms with Gasteiger partial charge in [-0.2, -0.15) is 5.48 Å². The van der Waals surface area contributed by atoms with E-state index in [0.29, 0.717) is 10.8 Å².